The number of amides is 3. The molecule has 1 unspecified atom stereocenters. The minimum atomic E-state index is -1.34. The van der Waals surface area contributed by atoms with Gasteiger partial charge in [0.1, 0.15) is 23.5 Å². The van der Waals surface area contributed by atoms with Crippen molar-refractivity contribution < 1.29 is 43.2 Å². The first-order valence-electron chi connectivity index (χ1n) is 17.6. The molecule has 2 N–H and O–H groups in total. The molecular formula is C39H48BrN3O9. The molecule has 12 nitrogen and oxygen atoms in total. The van der Waals surface area contributed by atoms with Crippen LogP contribution in [0.5, 0.6) is 5.75 Å². The lowest BCUT2D eigenvalue weighted by molar-refractivity contribution is -0.163. The van der Waals surface area contributed by atoms with Crippen LogP contribution in [0.1, 0.15) is 43.8 Å². The zero-order chi connectivity index (χ0) is 37.4. The number of anilines is 1. The Hall–Kier alpha value is -4.04. The standard InChI is InChI=1S/C39H48BrN3O9/c1-5-7-15-30(45)41-29(24-49-3)33(25-13-9-8-10-14-25)51-38(48)31-32-36(46)43(21-11-12-22-44)35(39(32)23-28(40)34(31)52-39)37(47)42(20-6-2)26-16-18-27(50-4)19-17-26/h5-6,8-10,13-14,16-19,28-29,31-35,44H,1-2,7,11-12,15,20-24H2,3-4H3,(H,41,45)/t28?,29-,31-,32+,33-,34-,35-,39+/m1/s1. The molecule has 3 heterocycles. The van der Waals surface area contributed by atoms with Crippen LogP contribution in [0.3, 0.4) is 0 Å². The Morgan fingerprint density at radius 3 is 2.48 bits per heavy atom. The molecule has 3 saturated heterocycles. The summed E-state index contributed by atoms with van der Waals surface area (Å²) in [5.74, 6) is -3.13. The molecule has 280 valence electrons. The molecule has 52 heavy (non-hydrogen) atoms. The van der Waals surface area contributed by atoms with Crippen molar-refractivity contribution in [2.45, 2.75) is 66.8 Å². The van der Waals surface area contributed by atoms with Crippen LogP contribution in [-0.4, -0.2) is 103 Å². The van der Waals surface area contributed by atoms with E-state index >= 15 is 0 Å². The number of hydrogen-bond donors (Lipinski definition) is 2. The second kappa shape index (κ2) is 17.7. The van der Waals surface area contributed by atoms with E-state index in [1.807, 2.05) is 18.2 Å². The fourth-order valence-electron chi connectivity index (χ4n) is 7.80. The quantitative estimate of drug-likeness (QED) is 0.0932. The number of likely N-dealkylation sites (tertiary alicyclic amines) is 1. The minimum absolute atomic E-state index is 0.0460. The normalized spacial score (nSPS) is 25.6. The number of aliphatic hydroxyl groups excluding tert-OH is 1. The Labute approximate surface area is 313 Å². The van der Waals surface area contributed by atoms with Gasteiger partial charge in [-0.15, -0.1) is 13.2 Å². The number of carbonyl (C=O) groups is 4. The third-order valence-corrected chi connectivity index (χ3v) is 10.9. The van der Waals surface area contributed by atoms with Crippen LogP contribution in [0.2, 0.25) is 0 Å². The smallest absolute Gasteiger partial charge is 0.313 e. The highest BCUT2D eigenvalue weighted by atomic mass is 79.9. The number of carbonyl (C=O) groups excluding carboxylic acids is 4. The van der Waals surface area contributed by atoms with Gasteiger partial charge in [0.05, 0.1) is 37.7 Å². The summed E-state index contributed by atoms with van der Waals surface area (Å²) in [4.78, 5) is 59.6. The molecule has 8 atom stereocenters. The van der Waals surface area contributed by atoms with Gasteiger partial charge in [0, 0.05) is 43.7 Å². The Morgan fingerprint density at radius 1 is 1.12 bits per heavy atom. The second-order valence-electron chi connectivity index (χ2n) is 13.3. The molecule has 13 heteroatoms. The highest BCUT2D eigenvalue weighted by molar-refractivity contribution is 9.09. The average molecular weight is 783 g/mol. The molecule has 3 amide bonds. The largest absolute Gasteiger partial charge is 0.497 e. The average Bonchev–Trinajstić information content (AvgIpc) is 3.75. The van der Waals surface area contributed by atoms with Gasteiger partial charge in [-0.1, -0.05) is 58.4 Å². The van der Waals surface area contributed by atoms with E-state index in [1.165, 1.54) is 12.0 Å². The van der Waals surface area contributed by atoms with E-state index in [0.717, 1.165) is 0 Å². The number of fused-ring (bicyclic) bond motifs is 1. The topological polar surface area (TPSA) is 144 Å². The molecule has 5 rings (SSSR count). The molecule has 3 aliphatic heterocycles. The Morgan fingerprint density at radius 2 is 1.85 bits per heavy atom. The highest BCUT2D eigenvalue weighted by Gasteiger charge is 2.77. The number of nitrogens with zero attached hydrogens (tertiary/aromatic N) is 2. The number of ether oxygens (including phenoxy) is 4. The number of methoxy groups -OCH3 is 2. The zero-order valence-electron chi connectivity index (χ0n) is 29.7. The van der Waals surface area contributed by atoms with E-state index < -0.39 is 47.7 Å². The Balaban J connectivity index is 1.51. The zero-order valence-corrected chi connectivity index (χ0v) is 31.2. The van der Waals surface area contributed by atoms with Crippen LogP contribution in [0.4, 0.5) is 5.69 Å². The fourth-order valence-corrected chi connectivity index (χ4v) is 8.74. The number of alkyl halides is 1. The summed E-state index contributed by atoms with van der Waals surface area (Å²) in [5.41, 5.74) is -0.126. The molecule has 0 saturated carbocycles. The fraction of sp³-hybridized carbons (Fsp3) is 0.487. The van der Waals surface area contributed by atoms with Gasteiger partial charge in [0.2, 0.25) is 11.8 Å². The van der Waals surface area contributed by atoms with Crippen molar-refractivity contribution in [3.8, 4) is 5.75 Å². The van der Waals surface area contributed by atoms with Crippen LogP contribution in [0.25, 0.3) is 0 Å². The van der Waals surface area contributed by atoms with Crippen molar-refractivity contribution in [1.29, 1.82) is 0 Å². The lowest BCUT2D eigenvalue weighted by atomic mass is 9.70. The van der Waals surface area contributed by atoms with E-state index in [2.05, 4.69) is 34.4 Å². The first-order valence-corrected chi connectivity index (χ1v) is 18.5. The number of hydrogen-bond acceptors (Lipinski definition) is 9. The SMILES string of the molecule is C=CCCC(=O)N[C@H](COC)[C@H](OC(=O)[C@H]1[C@@H]2O[C@@]3(CC2Br)[C@@H]1C(=O)N(CCCCO)[C@@H]3C(=O)N(CC=C)c1ccc(OC)cc1)c1ccccc1. The van der Waals surface area contributed by atoms with Crippen molar-refractivity contribution in [2.75, 3.05) is 45.4 Å². The van der Waals surface area contributed by atoms with Crippen LogP contribution < -0.4 is 15.0 Å². The lowest BCUT2D eigenvalue weighted by Gasteiger charge is -2.37. The predicted molar refractivity (Wildman–Crippen MR) is 198 cm³/mol. The third-order valence-electron chi connectivity index (χ3n) is 10.1. The molecule has 3 aliphatic rings. The summed E-state index contributed by atoms with van der Waals surface area (Å²) < 4.78 is 23.8. The number of benzene rings is 2. The van der Waals surface area contributed by atoms with Crippen LogP contribution in [0, 0.1) is 11.8 Å². The summed E-state index contributed by atoms with van der Waals surface area (Å²) in [6.45, 7) is 7.87. The summed E-state index contributed by atoms with van der Waals surface area (Å²) in [6, 6.07) is 14.3. The maximum atomic E-state index is 14.8. The number of nitrogens with one attached hydrogen (secondary N) is 1. The van der Waals surface area contributed by atoms with Crippen LogP contribution in [-0.2, 0) is 33.4 Å². The molecular weight excluding hydrogens is 734 g/mol. The van der Waals surface area contributed by atoms with E-state index in [1.54, 1.807) is 60.6 Å². The number of aliphatic hydroxyl groups is 1. The molecule has 2 aromatic rings. The number of unbranched alkanes of at least 4 members (excludes halogenated alkanes) is 1. The third kappa shape index (κ3) is 7.83. The van der Waals surface area contributed by atoms with Gasteiger partial charge in [-0.3, -0.25) is 19.2 Å². The lowest BCUT2D eigenvalue weighted by Crippen LogP contribution is -2.57. The Bertz CT molecular complexity index is 1590. The van der Waals surface area contributed by atoms with Gasteiger partial charge in [0.25, 0.3) is 5.91 Å². The number of halogens is 1. The van der Waals surface area contributed by atoms with Crippen molar-refractivity contribution >= 4 is 45.3 Å². The molecule has 2 aromatic carbocycles. The van der Waals surface area contributed by atoms with Gasteiger partial charge in [0.15, 0.2) is 0 Å². The first kappa shape index (κ1) is 39.2. The molecule has 1 spiro atoms. The predicted octanol–water partition coefficient (Wildman–Crippen LogP) is 4.12. The van der Waals surface area contributed by atoms with E-state index in [9.17, 15) is 24.3 Å². The number of rotatable bonds is 19. The molecule has 0 radical (unpaired) electrons. The summed E-state index contributed by atoms with van der Waals surface area (Å²) in [5, 5.41) is 12.5. The minimum Gasteiger partial charge on any atom is -0.497 e. The monoisotopic (exact) mass is 781 g/mol. The van der Waals surface area contributed by atoms with Crippen molar-refractivity contribution in [3.05, 3.63) is 85.5 Å². The van der Waals surface area contributed by atoms with E-state index in [0.29, 0.717) is 42.7 Å². The van der Waals surface area contributed by atoms with E-state index in [4.69, 9.17) is 18.9 Å². The maximum absolute atomic E-state index is 14.8. The molecule has 2 bridgehead atoms. The summed E-state index contributed by atoms with van der Waals surface area (Å²) in [6.07, 6.45) is 3.38. The van der Waals surface area contributed by atoms with Gasteiger partial charge in [-0.05, 0) is 55.5 Å². The molecule has 0 aliphatic carbocycles. The first-order chi connectivity index (χ1) is 25.1. The van der Waals surface area contributed by atoms with Gasteiger partial charge < -0.3 is 39.2 Å². The Kier molecular flexibility index (Phi) is 13.3. The summed E-state index contributed by atoms with van der Waals surface area (Å²) >= 11 is 3.73. The summed E-state index contributed by atoms with van der Waals surface area (Å²) in [7, 11) is 3.05. The van der Waals surface area contributed by atoms with Crippen molar-refractivity contribution in [3.63, 3.8) is 0 Å². The van der Waals surface area contributed by atoms with Crippen molar-refractivity contribution in [1.82, 2.24) is 10.2 Å². The number of esters is 1. The van der Waals surface area contributed by atoms with Crippen molar-refractivity contribution in [2.24, 2.45) is 11.8 Å². The van der Waals surface area contributed by atoms with Gasteiger partial charge in [-0.25, -0.2) is 0 Å². The van der Waals surface area contributed by atoms with Gasteiger partial charge in [-0.2, -0.15) is 0 Å². The molecule has 0 aromatic heterocycles. The molecule has 3 fully saturated rings. The van der Waals surface area contributed by atoms with Crippen LogP contribution >= 0.6 is 15.9 Å². The highest BCUT2D eigenvalue weighted by Crippen LogP contribution is 2.60. The van der Waals surface area contributed by atoms with Crippen LogP contribution in [0.15, 0.2) is 79.9 Å². The second-order valence-corrected chi connectivity index (χ2v) is 14.5. The number of allylic oxidation sites excluding steroid dienone is 1. The maximum Gasteiger partial charge on any atom is 0.313 e. The van der Waals surface area contributed by atoms with E-state index in [-0.39, 0.29) is 55.3 Å². The van der Waals surface area contributed by atoms with Gasteiger partial charge >= 0.3 is 5.97 Å².